The number of ether oxygens (including phenoxy) is 2. The molecular weight excluding hydrogens is 374 g/mol. The summed E-state index contributed by atoms with van der Waals surface area (Å²) in [7, 11) is 0. The Morgan fingerprint density at radius 3 is 2.44 bits per heavy atom. The van der Waals surface area contributed by atoms with Crippen molar-refractivity contribution in [2.24, 2.45) is 0 Å². The summed E-state index contributed by atoms with van der Waals surface area (Å²) in [6, 6.07) is 14.6. The molecule has 8 nitrogen and oxygen atoms in total. The first-order valence-electron chi connectivity index (χ1n) is 7.90. The van der Waals surface area contributed by atoms with Crippen LogP contribution in [0.25, 0.3) is 0 Å². The van der Waals surface area contributed by atoms with Crippen molar-refractivity contribution < 1.29 is 14.4 Å². The van der Waals surface area contributed by atoms with E-state index in [1.54, 1.807) is 0 Å². The predicted octanol–water partition coefficient (Wildman–Crippen LogP) is 3.68. The van der Waals surface area contributed by atoms with Crippen molar-refractivity contribution >= 4 is 17.3 Å². The van der Waals surface area contributed by atoms with Gasteiger partial charge in [-0.3, -0.25) is 14.9 Å². The van der Waals surface area contributed by atoms with Crippen molar-refractivity contribution in [1.82, 2.24) is 9.78 Å². The van der Waals surface area contributed by atoms with E-state index in [1.165, 1.54) is 35.1 Å². The summed E-state index contributed by atoms with van der Waals surface area (Å²) in [5.74, 6) is 1.05. The molecule has 0 bridgehead atoms. The maximum absolute atomic E-state index is 12.3. The van der Waals surface area contributed by atoms with Crippen molar-refractivity contribution in [1.29, 1.82) is 0 Å². The van der Waals surface area contributed by atoms with Crippen LogP contribution in [0.1, 0.15) is 0 Å². The van der Waals surface area contributed by atoms with E-state index >= 15 is 0 Å². The number of nitro groups is 1. The van der Waals surface area contributed by atoms with Gasteiger partial charge in [-0.25, -0.2) is 4.68 Å². The number of para-hydroxylation sites is 1. The minimum absolute atomic E-state index is 0.0655. The van der Waals surface area contributed by atoms with E-state index in [2.05, 4.69) is 5.10 Å². The maximum atomic E-state index is 12.3. The average Bonchev–Trinajstić information content (AvgIpc) is 2.68. The topological polar surface area (TPSA) is 96.5 Å². The second kappa shape index (κ2) is 8.33. The first-order chi connectivity index (χ1) is 13.0. The fourth-order valence-corrected chi connectivity index (χ4v) is 2.39. The Morgan fingerprint density at radius 1 is 1.07 bits per heavy atom. The molecule has 2 aromatic carbocycles. The second-order valence-electron chi connectivity index (χ2n) is 5.37. The lowest BCUT2D eigenvalue weighted by molar-refractivity contribution is -0.384. The molecular formula is C18H14ClN3O5. The molecule has 0 aliphatic carbocycles. The summed E-state index contributed by atoms with van der Waals surface area (Å²) in [5, 5.41) is 14.5. The van der Waals surface area contributed by atoms with Gasteiger partial charge in [-0.2, -0.15) is 5.10 Å². The van der Waals surface area contributed by atoms with E-state index in [9.17, 15) is 14.9 Å². The van der Waals surface area contributed by atoms with Crippen LogP contribution in [-0.4, -0.2) is 21.3 Å². The van der Waals surface area contributed by atoms with Gasteiger partial charge in [-0.1, -0.05) is 29.8 Å². The molecule has 0 aliphatic rings. The van der Waals surface area contributed by atoms with Crippen LogP contribution < -0.4 is 15.0 Å². The third kappa shape index (κ3) is 4.62. The molecule has 0 spiro atoms. The van der Waals surface area contributed by atoms with Gasteiger partial charge < -0.3 is 9.47 Å². The van der Waals surface area contributed by atoms with E-state index in [0.29, 0.717) is 11.5 Å². The molecule has 3 rings (SSSR count). The Hall–Kier alpha value is -3.39. The summed E-state index contributed by atoms with van der Waals surface area (Å²) in [6.45, 7) is 0.459. The van der Waals surface area contributed by atoms with Crippen LogP contribution in [0.2, 0.25) is 5.02 Å². The zero-order valence-corrected chi connectivity index (χ0v) is 14.7. The van der Waals surface area contributed by atoms with E-state index < -0.39 is 10.5 Å². The zero-order chi connectivity index (χ0) is 19.2. The highest BCUT2D eigenvalue weighted by Gasteiger charge is 2.12. The predicted molar refractivity (Wildman–Crippen MR) is 98.6 cm³/mol. The van der Waals surface area contributed by atoms with Crippen molar-refractivity contribution in [2.45, 2.75) is 6.54 Å². The summed E-state index contributed by atoms with van der Waals surface area (Å²) in [4.78, 5) is 22.5. The minimum Gasteiger partial charge on any atom is -0.492 e. The molecule has 0 fully saturated rings. The van der Waals surface area contributed by atoms with Gasteiger partial charge in [0.15, 0.2) is 10.8 Å². The van der Waals surface area contributed by atoms with Crippen LogP contribution in [0.3, 0.4) is 0 Å². The number of aromatic nitrogens is 2. The van der Waals surface area contributed by atoms with Gasteiger partial charge in [-0.15, -0.1) is 0 Å². The SMILES string of the molecule is O=c1c(Cl)c(Oc2ccc([N+](=O)[O-])cc2)cnn1CCOc1ccccc1. The standard InChI is InChI=1S/C18H14ClN3O5/c19-17-16(27-15-8-6-13(7-9-15)22(24)25)12-20-21(18(17)23)10-11-26-14-4-2-1-3-5-14/h1-9,12H,10-11H2. The van der Waals surface area contributed by atoms with Crippen LogP contribution >= 0.6 is 11.6 Å². The molecule has 138 valence electrons. The third-order valence-corrected chi connectivity index (χ3v) is 3.89. The Balaban J connectivity index is 1.67. The van der Waals surface area contributed by atoms with Crippen molar-refractivity contribution in [2.75, 3.05) is 6.61 Å². The van der Waals surface area contributed by atoms with Gasteiger partial charge >= 0.3 is 0 Å². The molecule has 0 amide bonds. The molecule has 0 radical (unpaired) electrons. The third-order valence-electron chi connectivity index (χ3n) is 3.54. The normalized spacial score (nSPS) is 10.4. The minimum atomic E-state index is -0.521. The average molecular weight is 388 g/mol. The van der Waals surface area contributed by atoms with Crippen molar-refractivity contribution in [3.8, 4) is 17.2 Å². The molecule has 0 atom stereocenters. The fourth-order valence-electron chi connectivity index (χ4n) is 2.21. The van der Waals surface area contributed by atoms with E-state index in [-0.39, 0.29) is 29.6 Å². The molecule has 0 N–H and O–H groups in total. The number of nitro benzene ring substituents is 1. The molecule has 0 aliphatic heterocycles. The molecule has 9 heteroatoms. The number of rotatable bonds is 7. The maximum Gasteiger partial charge on any atom is 0.289 e. The van der Waals surface area contributed by atoms with Crippen LogP contribution in [0.4, 0.5) is 5.69 Å². The quantitative estimate of drug-likeness (QED) is 0.453. The molecule has 1 aromatic heterocycles. The number of nitrogens with zero attached hydrogens (tertiary/aromatic N) is 3. The Kier molecular flexibility index (Phi) is 5.68. The van der Waals surface area contributed by atoms with Gasteiger partial charge in [0.1, 0.15) is 18.1 Å². The highest BCUT2D eigenvalue weighted by atomic mass is 35.5. The highest BCUT2D eigenvalue weighted by molar-refractivity contribution is 6.31. The number of hydrogen-bond acceptors (Lipinski definition) is 6. The monoisotopic (exact) mass is 387 g/mol. The van der Waals surface area contributed by atoms with Gasteiger partial charge in [0.05, 0.1) is 17.7 Å². The van der Waals surface area contributed by atoms with Crippen molar-refractivity contribution in [3.63, 3.8) is 0 Å². The smallest absolute Gasteiger partial charge is 0.289 e. The summed E-state index contributed by atoms with van der Waals surface area (Å²) in [6.07, 6.45) is 1.31. The largest absolute Gasteiger partial charge is 0.492 e. The lowest BCUT2D eigenvalue weighted by atomic mass is 10.3. The molecule has 0 unspecified atom stereocenters. The number of non-ortho nitro benzene ring substituents is 1. The van der Waals surface area contributed by atoms with Crippen LogP contribution in [0, 0.1) is 10.1 Å². The van der Waals surface area contributed by atoms with Crippen molar-refractivity contribution in [3.05, 3.63) is 86.3 Å². The number of benzene rings is 2. The van der Waals surface area contributed by atoms with Crippen LogP contribution in [0.15, 0.2) is 65.6 Å². The molecule has 27 heavy (non-hydrogen) atoms. The number of halogens is 1. The fraction of sp³-hybridized carbons (Fsp3) is 0.111. The first-order valence-corrected chi connectivity index (χ1v) is 8.28. The van der Waals surface area contributed by atoms with E-state index in [1.807, 2.05) is 30.3 Å². The lowest BCUT2D eigenvalue weighted by Crippen LogP contribution is -2.26. The molecule has 0 saturated carbocycles. The van der Waals surface area contributed by atoms with Gasteiger partial charge in [0, 0.05) is 12.1 Å². The second-order valence-corrected chi connectivity index (χ2v) is 5.74. The first kappa shape index (κ1) is 18.4. The van der Waals surface area contributed by atoms with Gasteiger partial charge in [-0.05, 0) is 24.3 Å². The summed E-state index contributed by atoms with van der Waals surface area (Å²) >= 11 is 6.08. The molecule has 0 saturated heterocycles. The summed E-state index contributed by atoms with van der Waals surface area (Å²) in [5.41, 5.74) is -0.590. The number of hydrogen-bond donors (Lipinski definition) is 0. The summed E-state index contributed by atoms with van der Waals surface area (Å²) < 4.78 is 12.2. The Bertz CT molecular complexity index is 990. The Labute approximate surface area is 158 Å². The van der Waals surface area contributed by atoms with Gasteiger partial charge in [0.25, 0.3) is 11.2 Å². The molecule has 3 aromatic rings. The lowest BCUT2D eigenvalue weighted by Gasteiger charge is -2.10. The zero-order valence-electron chi connectivity index (χ0n) is 13.9. The van der Waals surface area contributed by atoms with Gasteiger partial charge in [0.2, 0.25) is 0 Å². The van der Waals surface area contributed by atoms with Crippen LogP contribution in [-0.2, 0) is 6.54 Å². The van der Waals surface area contributed by atoms with E-state index in [4.69, 9.17) is 21.1 Å². The Morgan fingerprint density at radius 2 is 1.78 bits per heavy atom. The molecule has 1 heterocycles. The van der Waals surface area contributed by atoms with Crippen LogP contribution in [0.5, 0.6) is 17.2 Å². The van der Waals surface area contributed by atoms with E-state index in [0.717, 1.165) is 0 Å². The highest BCUT2D eigenvalue weighted by Crippen LogP contribution is 2.27.